The van der Waals surface area contributed by atoms with Crippen LogP contribution in [0.5, 0.6) is 0 Å². The van der Waals surface area contributed by atoms with E-state index in [4.69, 9.17) is 10.00 Å². The predicted molar refractivity (Wildman–Crippen MR) is 105 cm³/mol. The second-order valence-corrected chi connectivity index (χ2v) is 8.23. The Hall–Kier alpha value is -1.56. The molecule has 0 aromatic heterocycles. The van der Waals surface area contributed by atoms with Gasteiger partial charge in [0, 0.05) is 38.8 Å². The molecule has 3 aliphatic heterocycles. The smallest absolute Gasteiger partial charge is 0.320 e. The fourth-order valence-electron chi connectivity index (χ4n) is 5.11. The van der Waals surface area contributed by atoms with Crippen LogP contribution in [0.3, 0.4) is 0 Å². The van der Waals surface area contributed by atoms with Crippen LogP contribution in [-0.2, 0) is 9.53 Å². The molecule has 9 heteroatoms. The van der Waals surface area contributed by atoms with E-state index in [1.54, 1.807) is 4.90 Å². The molecule has 3 saturated heterocycles. The number of urea groups is 1. The van der Waals surface area contributed by atoms with Gasteiger partial charge in [-0.2, -0.15) is 5.26 Å². The van der Waals surface area contributed by atoms with Crippen LogP contribution >= 0.6 is 12.4 Å². The Morgan fingerprint density at radius 1 is 1.07 bits per heavy atom. The number of rotatable bonds is 3. The van der Waals surface area contributed by atoms with Gasteiger partial charge in [0.1, 0.15) is 6.04 Å². The molecule has 4 fully saturated rings. The molecule has 0 aromatic carbocycles. The van der Waals surface area contributed by atoms with Crippen LogP contribution in [0.25, 0.3) is 0 Å². The number of hydrogen-bond donors (Lipinski definition) is 1. The van der Waals surface area contributed by atoms with Crippen molar-refractivity contribution in [2.45, 2.75) is 37.8 Å². The van der Waals surface area contributed by atoms with Crippen LogP contribution in [0, 0.1) is 23.2 Å². The fourth-order valence-corrected chi connectivity index (χ4v) is 5.11. The van der Waals surface area contributed by atoms with E-state index in [-0.39, 0.29) is 30.4 Å². The second-order valence-electron chi connectivity index (χ2n) is 8.23. The highest BCUT2D eigenvalue weighted by molar-refractivity contribution is 5.85. The number of carbonyl (C=O) groups excluding carboxylic acids is 2. The molecule has 1 aliphatic carbocycles. The van der Waals surface area contributed by atoms with E-state index in [0.29, 0.717) is 57.3 Å². The van der Waals surface area contributed by atoms with E-state index in [0.717, 1.165) is 38.8 Å². The zero-order chi connectivity index (χ0) is 18.8. The molecule has 1 N–H and O–H groups in total. The quantitative estimate of drug-likeness (QED) is 0.737. The van der Waals surface area contributed by atoms with Gasteiger partial charge in [-0.15, -0.1) is 12.4 Å². The van der Waals surface area contributed by atoms with Gasteiger partial charge in [-0.3, -0.25) is 4.79 Å². The average Bonchev–Trinajstić information content (AvgIpc) is 3.40. The number of fused-ring (bicyclic) bond motifs is 1. The van der Waals surface area contributed by atoms with Gasteiger partial charge >= 0.3 is 6.03 Å². The van der Waals surface area contributed by atoms with Gasteiger partial charge in [-0.05, 0) is 37.5 Å². The Labute approximate surface area is 172 Å². The van der Waals surface area contributed by atoms with E-state index >= 15 is 0 Å². The van der Waals surface area contributed by atoms with Crippen molar-refractivity contribution in [1.29, 1.82) is 5.26 Å². The monoisotopic (exact) mass is 411 g/mol. The number of nitriles is 1. The molecule has 156 valence electrons. The van der Waals surface area contributed by atoms with Crippen molar-refractivity contribution in [3.63, 3.8) is 0 Å². The minimum Gasteiger partial charge on any atom is -0.378 e. The molecule has 3 amide bonds. The van der Waals surface area contributed by atoms with Gasteiger partial charge in [-0.1, -0.05) is 0 Å². The van der Waals surface area contributed by atoms with Crippen molar-refractivity contribution in [3.8, 4) is 6.07 Å². The molecular formula is C19H30ClN5O3. The standard InChI is InChI=1S/C19H29N5O3.ClH/c20-10-17-2-1-3-24(17)18(25)11-21-16-8-14-12-23(13-15(14)9-16)19(26)22-4-6-27-7-5-22;/h14-17,21H,1-9,11-13H2;1H/t14-,15+,16?,17?;. The van der Waals surface area contributed by atoms with Crippen LogP contribution < -0.4 is 5.32 Å². The molecule has 4 rings (SSSR count). The highest BCUT2D eigenvalue weighted by atomic mass is 35.5. The van der Waals surface area contributed by atoms with Crippen molar-refractivity contribution >= 4 is 24.3 Å². The Balaban J connectivity index is 0.00000225. The summed E-state index contributed by atoms with van der Waals surface area (Å²) < 4.78 is 5.33. The van der Waals surface area contributed by atoms with Crippen LogP contribution in [0.1, 0.15) is 25.7 Å². The van der Waals surface area contributed by atoms with E-state index in [9.17, 15) is 9.59 Å². The van der Waals surface area contributed by atoms with Gasteiger partial charge < -0.3 is 24.8 Å². The largest absolute Gasteiger partial charge is 0.378 e. The van der Waals surface area contributed by atoms with Gasteiger partial charge in [-0.25, -0.2) is 4.79 Å². The number of morpholine rings is 1. The zero-order valence-electron chi connectivity index (χ0n) is 16.2. The summed E-state index contributed by atoms with van der Waals surface area (Å²) in [5.41, 5.74) is 0. The molecule has 4 atom stereocenters. The minimum atomic E-state index is -0.248. The summed E-state index contributed by atoms with van der Waals surface area (Å²) in [6.07, 6.45) is 3.76. The van der Waals surface area contributed by atoms with Crippen molar-refractivity contribution in [2.75, 3.05) is 52.5 Å². The van der Waals surface area contributed by atoms with E-state index < -0.39 is 0 Å². The van der Waals surface area contributed by atoms with Crippen LogP contribution in [0.4, 0.5) is 4.79 Å². The molecule has 2 unspecified atom stereocenters. The lowest BCUT2D eigenvalue weighted by Crippen LogP contribution is -2.48. The third kappa shape index (κ3) is 4.37. The molecule has 4 aliphatic rings. The molecule has 0 aromatic rings. The van der Waals surface area contributed by atoms with Gasteiger partial charge in [0.2, 0.25) is 5.91 Å². The molecule has 3 heterocycles. The fraction of sp³-hybridized carbons (Fsp3) is 0.842. The van der Waals surface area contributed by atoms with Crippen LogP contribution in [-0.4, -0.2) is 91.2 Å². The first kappa shape index (κ1) is 21.2. The number of hydrogen-bond acceptors (Lipinski definition) is 5. The first-order valence-electron chi connectivity index (χ1n) is 10.2. The molecule has 28 heavy (non-hydrogen) atoms. The Kier molecular flexibility index (Phi) is 7.02. The maximum absolute atomic E-state index is 12.6. The normalized spacial score (nSPS) is 32.0. The van der Waals surface area contributed by atoms with Gasteiger partial charge in [0.15, 0.2) is 0 Å². The first-order chi connectivity index (χ1) is 13.2. The number of ether oxygens (including phenoxy) is 1. The Morgan fingerprint density at radius 3 is 2.39 bits per heavy atom. The van der Waals surface area contributed by atoms with Crippen molar-refractivity contribution in [2.24, 2.45) is 11.8 Å². The average molecular weight is 412 g/mol. The third-order valence-electron chi connectivity index (χ3n) is 6.57. The van der Waals surface area contributed by atoms with E-state index in [1.165, 1.54) is 0 Å². The molecule has 0 radical (unpaired) electrons. The summed E-state index contributed by atoms with van der Waals surface area (Å²) in [6.45, 7) is 5.33. The van der Waals surface area contributed by atoms with Crippen LogP contribution in [0.15, 0.2) is 0 Å². The number of likely N-dealkylation sites (tertiary alicyclic amines) is 2. The third-order valence-corrected chi connectivity index (χ3v) is 6.57. The summed E-state index contributed by atoms with van der Waals surface area (Å²) in [5.74, 6) is 1.10. The number of nitrogens with one attached hydrogen (secondary N) is 1. The van der Waals surface area contributed by atoms with Crippen LogP contribution in [0.2, 0.25) is 0 Å². The lowest BCUT2D eigenvalue weighted by molar-refractivity contribution is -0.130. The number of carbonyl (C=O) groups is 2. The molecular weight excluding hydrogens is 382 g/mol. The SMILES string of the molecule is Cl.N#CC1CCCN1C(=O)CNC1C[C@@H]2CN(C(=O)N3CCOCC3)C[C@@H]2C1. The molecule has 0 spiro atoms. The zero-order valence-corrected chi connectivity index (χ0v) is 17.0. The highest BCUT2D eigenvalue weighted by Gasteiger charge is 2.43. The van der Waals surface area contributed by atoms with Gasteiger partial charge in [0.25, 0.3) is 0 Å². The lowest BCUT2D eigenvalue weighted by Gasteiger charge is -2.31. The summed E-state index contributed by atoms with van der Waals surface area (Å²) in [5, 5.41) is 12.5. The maximum atomic E-state index is 12.6. The molecule has 1 saturated carbocycles. The Bertz CT molecular complexity index is 607. The second kappa shape index (κ2) is 9.29. The van der Waals surface area contributed by atoms with Crippen molar-refractivity contribution in [1.82, 2.24) is 20.0 Å². The Morgan fingerprint density at radius 2 is 1.75 bits per heavy atom. The predicted octanol–water partition coefficient (Wildman–Crippen LogP) is 0.675. The first-order valence-corrected chi connectivity index (χ1v) is 10.2. The minimum absolute atomic E-state index is 0. The van der Waals surface area contributed by atoms with E-state index in [2.05, 4.69) is 11.4 Å². The summed E-state index contributed by atoms with van der Waals surface area (Å²) >= 11 is 0. The topological polar surface area (TPSA) is 88.9 Å². The number of nitrogens with zero attached hydrogens (tertiary/aromatic N) is 4. The number of halogens is 1. The van der Waals surface area contributed by atoms with E-state index in [1.807, 2.05) is 9.80 Å². The van der Waals surface area contributed by atoms with Crippen molar-refractivity contribution < 1.29 is 14.3 Å². The van der Waals surface area contributed by atoms with Gasteiger partial charge in [0.05, 0.1) is 25.8 Å². The molecule has 8 nitrogen and oxygen atoms in total. The summed E-state index contributed by atoms with van der Waals surface area (Å²) in [6, 6.07) is 2.47. The van der Waals surface area contributed by atoms with Crippen molar-refractivity contribution in [3.05, 3.63) is 0 Å². The summed E-state index contributed by atoms with van der Waals surface area (Å²) in [7, 11) is 0. The summed E-state index contributed by atoms with van der Waals surface area (Å²) in [4.78, 5) is 30.6. The number of amides is 3. The highest BCUT2D eigenvalue weighted by Crippen LogP contribution is 2.38. The molecule has 0 bridgehead atoms. The lowest BCUT2D eigenvalue weighted by atomic mass is 10.0. The maximum Gasteiger partial charge on any atom is 0.320 e.